The molecular weight excluding hydrogens is 362 g/mol. The number of likely N-dealkylation sites (tertiary alicyclic amines) is 2. The third kappa shape index (κ3) is 4.30. The predicted octanol–water partition coefficient (Wildman–Crippen LogP) is 2.67. The number of carbonyl (C=O) groups is 2. The Hall–Kier alpha value is -1.59. The van der Waals surface area contributed by atoms with E-state index in [0.717, 1.165) is 31.4 Å². The van der Waals surface area contributed by atoms with Gasteiger partial charge in [-0.2, -0.15) is 0 Å². The monoisotopic (exact) mass is 391 g/mol. The van der Waals surface area contributed by atoms with Crippen molar-refractivity contribution in [3.63, 3.8) is 0 Å². The van der Waals surface area contributed by atoms with E-state index in [4.69, 9.17) is 11.6 Å². The average molecular weight is 392 g/mol. The normalized spacial score (nSPS) is 22.7. The lowest BCUT2D eigenvalue weighted by Crippen LogP contribution is -2.67. The summed E-state index contributed by atoms with van der Waals surface area (Å²) < 4.78 is 0. The Labute approximate surface area is 167 Å². The van der Waals surface area contributed by atoms with E-state index < -0.39 is 5.41 Å². The molecule has 2 heterocycles. The van der Waals surface area contributed by atoms with E-state index in [9.17, 15) is 9.59 Å². The number of hydrogen-bond donors (Lipinski definition) is 0. The lowest BCUT2D eigenvalue weighted by molar-refractivity contribution is -0.161. The van der Waals surface area contributed by atoms with E-state index in [2.05, 4.69) is 4.90 Å². The van der Waals surface area contributed by atoms with E-state index in [1.807, 2.05) is 36.2 Å². The van der Waals surface area contributed by atoms with Crippen molar-refractivity contribution in [1.82, 2.24) is 14.7 Å². The van der Waals surface area contributed by atoms with Crippen LogP contribution in [0.4, 0.5) is 0 Å². The summed E-state index contributed by atoms with van der Waals surface area (Å²) in [6.45, 7) is 1.96. The molecular formula is C21H30ClN3O2. The first kappa shape index (κ1) is 20.2. The highest BCUT2D eigenvalue weighted by atomic mass is 35.5. The number of hydrogen-bond acceptors (Lipinski definition) is 3. The molecule has 1 aromatic rings. The quantitative estimate of drug-likeness (QED) is 0.792. The average Bonchev–Trinajstić information content (AvgIpc) is 2.82. The van der Waals surface area contributed by atoms with Gasteiger partial charge >= 0.3 is 0 Å². The summed E-state index contributed by atoms with van der Waals surface area (Å²) in [6.07, 6.45) is 4.98. The highest BCUT2D eigenvalue weighted by Crippen LogP contribution is 2.37. The summed E-state index contributed by atoms with van der Waals surface area (Å²) in [7, 11) is 5.62. The summed E-state index contributed by atoms with van der Waals surface area (Å²) in [6, 6.07) is 7.60. The van der Waals surface area contributed by atoms with Gasteiger partial charge in [-0.3, -0.25) is 14.5 Å². The second-order valence-corrected chi connectivity index (χ2v) is 8.76. The molecule has 1 atom stereocenters. The van der Waals surface area contributed by atoms with Gasteiger partial charge in [-0.05, 0) is 50.6 Å². The van der Waals surface area contributed by atoms with E-state index in [1.54, 1.807) is 19.0 Å². The van der Waals surface area contributed by atoms with E-state index in [0.29, 0.717) is 24.5 Å². The lowest BCUT2D eigenvalue weighted by atomic mass is 9.73. The lowest BCUT2D eigenvalue weighted by Gasteiger charge is -2.51. The van der Waals surface area contributed by atoms with Crippen LogP contribution in [-0.4, -0.2) is 73.3 Å². The minimum absolute atomic E-state index is 0.0458. The highest BCUT2D eigenvalue weighted by molar-refractivity contribution is 6.30. The van der Waals surface area contributed by atoms with E-state index >= 15 is 0 Å². The second kappa shape index (κ2) is 8.19. The molecule has 0 aromatic heterocycles. The number of halogens is 1. The van der Waals surface area contributed by atoms with Crippen LogP contribution in [0.25, 0.3) is 0 Å². The minimum atomic E-state index is -0.531. The van der Waals surface area contributed by atoms with Gasteiger partial charge in [-0.25, -0.2) is 0 Å². The van der Waals surface area contributed by atoms with Crippen molar-refractivity contribution in [1.29, 1.82) is 0 Å². The standard InChI is InChI=1S/C21H30ClN3O2/c1-23(2)20(27)21(13-16-8-10-17(22)11-9-16)14-25(15-21)19(26)18-7-5-4-6-12-24(18)3/h8-11,18H,4-7,12-15H2,1-3H3. The number of benzene rings is 1. The van der Waals surface area contributed by atoms with Crippen LogP contribution < -0.4 is 0 Å². The summed E-state index contributed by atoms with van der Waals surface area (Å²) in [4.78, 5) is 31.7. The van der Waals surface area contributed by atoms with Crippen LogP contribution in [0.1, 0.15) is 31.2 Å². The maximum atomic E-state index is 13.1. The predicted molar refractivity (Wildman–Crippen MR) is 108 cm³/mol. The Kier molecular flexibility index (Phi) is 6.11. The number of nitrogens with zero attached hydrogens (tertiary/aromatic N) is 3. The van der Waals surface area contributed by atoms with Gasteiger partial charge in [0.1, 0.15) is 0 Å². The van der Waals surface area contributed by atoms with Gasteiger partial charge in [-0.1, -0.05) is 36.6 Å². The smallest absolute Gasteiger partial charge is 0.239 e. The molecule has 0 saturated carbocycles. The van der Waals surface area contributed by atoms with Crippen LogP contribution in [0.15, 0.2) is 24.3 Å². The SMILES string of the molecule is CN(C)C(=O)C1(Cc2ccc(Cl)cc2)CN(C(=O)C2CCCCCN2C)C1. The molecule has 5 nitrogen and oxygen atoms in total. The number of carbonyl (C=O) groups excluding carboxylic acids is 2. The summed E-state index contributed by atoms with van der Waals surface area (Å²) in [5, 5.41) is 0.688. The molecule has 1 aromatic carbocycles. The Morgan fingerprint density at radius 2 is 1.81 bits per heavy atom. The summed E-state index contributed by atoms with van der Waals surface area (Å²) in [5.74, 6) is 0.272. The zero-order chi connectivity index (χ0) is 19.6. The molecule has 2 saturated heterocycles. The maximum absolute atomic E-state index is 13.1. The fraction of sp³-hybridized carbons (Fsp3) is 0.619. The molecule has 2 amide bonds. The van der Waals surface area contributed by atoms with Gasteiger partial charge in [0, 0.05) is 32.2 Å². The van der Waals surface area contributed by atoms with Crippen molar-refractivity contribution in [2.24, 2.45) is 5.41 Å². The second-order valence-electron chi connectivity index (χ2n) is 8.32. The molecule has 0 spiro atoms. The van der Waals surface area contributed by atoms with Crippen LogP contribution in [0.3, 0.4) is 0 Å². The van der Waals surface area contributed by atoms with Crippen molar-refractivity contribution < 1.29 is 9.59 Å². The van der Waals surface area contributed by atoms with Crippen LogP contribution in [0.2, 0.25) is 5.02 Å². The fourth-order valence-electron chi connectivity index (χ4n) is 4.40. The molecule has 0 N–H and O–H groups in total. The van der Waals surface area contributed by atoms with E-state index in [-0.39, 0.29) is 17.9 Å². The first-order valence-corrected chi connectivity index (χ1v) is 10.2. The van der Waals surface area contributed by atoms with Gasteiger partial charge in [0.25, 0.3) is 0 Å². The van der Waals surface area contributed by atoms with Crippen LogP contribution in [0, 0.1) is 5.41 Å². The Morgan fingerprint density at radius 3 is 2.44 bits per heavy atom. The first-order valence-electron chi connectivity index (χ1n) is 9.78. The third-order valence-electron chi connectivity index (χ3n) is 5.92. The molecule has 1 unspecified atom stereocenters. The Morgan fingerprint density at radius 1 is 1.15 bits per heavy atom. The minimum Gasteiger partial charge on any atom is -0.348 e. The maximum Gasteiger partial charge on any atom is 0.239 e. The first-order chi connectivity index (χ1) is 12.8. The zero-order valence-corrected chi connectivity index (χ0v) is 17.3. The molecule has 148 valence electrons. The number of amides is 2. The molecule has 2 aliphatic rings. The van der Waals surface area contributed by atoms with Crippen molar-refractivity contribution in [2.45, 2.75) is 38.1 Å². The van der Waals surface area contributed by atoms with Crippen LogP contribution in [-0.2, 0) is 16.0 Å². The Bertz CT molecular complexity index is 683. The molecule has 0 bridgehead atoms. The van der Waals surface area contributed by atoms with Gasteiger partial charge in [-0.15, -0.1) is 0 Å². The van der Waals surface area contributed by atoms with Gasteiger partial charge in [0.05, 0.1) is 11.5 Å². The molecule has 3 rings (SSSR count). The summed E-state index contributed by atoms with van der Waals surface area (Å²) in [5.41, 5.74) is 0.546. The zero-order valence-electron chi connectivity index (χ0n) is 16.6. The molecule has 2 fully saturated rings. The fourth-order valence-corrected chi connectivity index (χ4v) is 4.53. The van der Waals surface area contributed by atoms with E-state index in [1.165, 1.54) is 6.42 Å². The van der Waals surface area contributed by atoms with Gasteiger partial charge < -0.3 is 9.80 Å². The summed E-state index contributed by atoms with van der Waals surface area (Å²) >= 11 is 5.99. The van der Waals surface area contributed by atoms with Crippen LogP contribution in [0.5, 0.6) is 0 Å². The molecule has 0 aliphatic carbocycles. The molecule has 0 radical (unpaired) electrons. The molecule has 2 aliphatic heterocycles. The van der Waals surface area contributed by atoms with Crippen molar-refractivity contribution in [3.8, 4) is 0 Å². The van der Waals surface area contributed by atoms with Crippen molar-refractivity contribution in [3.05, 3.63) is 34.9 Å². The van der Waals surface area contributed by atoms with Gasteiger partial charge in [0.2, 0.25) is 11.8 Å². The molecule has 27 heavy (non-hydrogen) atoms. The topological polar surface area (TPSA) is 43.9 Å². The number of likely N-dealkylation sites (N-methyl/N-ethyl adjacent to an activating group) is 1. The highest BCUT2D eigenvalue weighted by Gasteiger charge is 2.52. The van der Waals surface area contributed by atoms with Crippen molar-refractivity contribution in [2.75, 3.05) is 40.8 Å². The Balaban J connectivity index is 1.73. The third-order valence-corrected chi connectivity index (χ3v) is 6.17. The number of rotatable bonds is 4. The largest absolute Gasteiger partial charge is 0.348 e. The van der Waals surface area contributed by atoms with Crippen molar-refractivity contribution >= 4 is 23.4 Å². The van der Waals surface area contributed by atoms with Crippen LogP contribution >= 0.6 is 11.6 Å². The van der Waals surface area contributed by atoms with Gasteiger partial charge in [0.15, 0.2) is 0 Å². The molecule has 6 heteroatoms.